The lowest BCUT2D eigenvalue weighted by atomic mass is 10.1. The van der Waals surface area contributed by atoms with Crippen LogP contribution in [0.15, 0.2) is 30.6 Å². The van der Waals surface area contributed by atoms with Crippen molar-refractivity contribution in [2.45, 2.75) is 6.18 Å². The molecule has 10 heteroatoms. The molecule has 1 N–H and O–H groups in total. The van der Waals surface area contributed by atoms with Gasteiger partial charge >= 0.3 is 6.18 Å². The van der Waals surface area contributed by atoms with Crippen molar-refractivity contribution in [2.75, 3.05) is 36.0 Å². The monoisotopic (exact) mass is 382 g/mol. The number of piperazine rings is 1. The largest absolute Gasteiger partial charge is 0.418 e. The standard InChI is InChI=1S/C16H14ClF3N6/c17-15-23-13-12(21-9-22-13)14(24-15)26-7-5-25(6-8-26)11-4-2-1-3-10(11)16(18,19)20/h1-4,9H,5-8H2,(H,21,22,23,24). The zero-order chi connectivity index (χ0) is 18.3. The fourth-order valence-electron chi connectivity index (χ4n) is 3.16. The van der Waals surface area contributed by atoms with Crippen molar-refractivity contribution in [1.29, 1.82) is 0 Å². The van der Waals surface area contributed by atoms with Gasteiger partial charge in [0, 0.05) is 31.9 Å². The highest BCUT2D eigenvalue weighted by Gasteiger charge is 2.35. The molecular formula is C16H14ClF3N6. The molecule has 4 rings (SSSR count). The third kappa shape index (κ3) is 3.03. The van der Waals surface area contributed by atoms with E-state index in [9.17, 15) is 13.2 Å². The number of rotatable bonds is 2. The van der Waals surface area contributed by atoms with E-state index in [1.54, 1.807) is 11.0 Å². The van der Waals surface area contributed by atoms with Gasteiger partial charge in [-0.1, -0.05) is 12.1 Å². The van der Waals surface area contributed by atoms with Crippen LogP contribution in [-0.2, 0) is 6.18 Å². The minimum absolute atomic E-state index is 0.0987. The summed E-state index contributed by atoms with van der Waals surface area (Å²) in [6.45, 7) is 1.87. The predicted molar refractivity (Wildman–Crippen MR) is 92.6 cm³/mol. The molecule has 0 radical (unpaired) electrons. The second-order valence-corrected chi connectivity index (χ2v) is 6.24. The third-order valence-corrected chi connectivity index (χ3v) is 4.53. The van der Waals surface area contributed by atoms with E-state index in [0.717, 1.165) is 6.07 Å². The lowest BCUT2D eigenvalue weighted by Gasteiger charge is -2.37. The van der Waals surface area contributed by atoms with Gasteiger partial charge in [-0.05, 0) is 23.7 Å². The van der Waals surface area contributed by atoms with Gasteiger partial charge in [0.1, 0.15) is 0 Å². The molecule has 3 aromatic rings. The molecule has 1 aliphatic rings. The number of H-pyrrole nitrogens is 1. The van der Waals surface area contributed by atoms with Gasteiger partial charge in [0.2, 0.25) is 5.28 Å². The number of alkyl halides is 3. The molecule has 2 aromatic heterocycles. The molecule has 26 heavy (non-hydrogen) atoms. The highest BCUT2D eigenvalue weighted by Crippen LogP contribution is 2.37. The number of aromatic nitrogens is 4. The van der Waals surface area contributed by atoms with Crippen LogP contribution in [0.3, 0.4) is 0 Å². The quantitative estimate of drug-likeness (QED) is 0.689. The number of benzene rings is 1. The Balaban J connectivity index is 1.58. The minimum atomic E-state index is -4.38. The summed E-state index contributed by atoms with van der Waals surface area (Å²) in [5.41, 5.74) is 0.710. The van der Waals surface area contributed by atoms with E-state index < -0.39 is 11.7 Å². The Morgan fingerprint density at radius 3 is 2.42 bits per heavy atom. The molecule has 3 heterocycles. The van der Waals surface area contributed by atoms with Gasteiger partial charge in [-0.2, -0.15) is 23.1 Å². The number of hydrogen-bond acceptors (Lipinski definition) is 5. The first-order valence-electron chi connectivity index (χ1n) is 7.96. The number of aromatic amines is 1. The lowest BCUT2D eigenvalue weighted by molar-refractivity contribution is -0.137. The van der Waals surface area contributed by atoms with E-state index in [-0.39, 0.29) is 11.0 Å². The average molecular weight is 383 g/mol. The summed E-state index contributed by atoms with van der Waals surface area (Å²) in [5, 5.41) is 0.0987. The molecule has 136 valence electrons. The number of para-hydroxylation sites is 1. The number of hydrogen-bond donors (Lipinski definition) is 1. The Bertz CT molecular complexity index is 933. The first-order valence-corrected chi connectivity index (χ1v) is 8.34. The average Bonchev–Trinajstić information content (AvgIpc) is 3.09. The van der Waals surface area contributed by atoms with Gasteiger partial charge in [-0.25, -0.2) is 4.98 Å². The predicted octanol–water partition coefficient (Wildman–Crippen LogP) is 3.35. The van der Waals surface area contributed by atoms with Crippen LogP contribution in [0.5, 0.6) is 0 Å². The minimum Gasteiger partial charge on any atom is -0.367 e. The molecule has 1 aromatic carbocycles. The first kappa shape index (κ1) is 16.9. The summed E-state index contributed by atoms with van der Waals surface area (Å²) in [5.74, 6) is 0.588. The maximum absolute atomic E-state index is 13.2. The van der Waals surface area contributed by atoms with Crippen LogP contribution in [0.2, 0.25) is 5.28 Å². The van der Waals surface area contributed by atoms with Crippen LogP contribution in [0.4, 0.5) is 24.7 Å². The van der Waals surface area contributed by atoms with Crippen LogP contribution >= 0.6 is 11.6 Å². The Kier molecular flexibility index (Phi) is 4.10. The van der Waals surface area contributed by atoms with Crippen molar-refractivity contribution < 1.29 is 13.2 Å². The van der Waals surface area contributed by atoms with Crippen molar-refractivity contribution in [3.63, 3.8) is 0 Å². The summed E-state index contributed by atoms with van der Waals surface area (Å²) in [6.07, 6.45) is -2.87. The summed E-state index contributed by atoms with van der Waals surface area (Å²) < 4.78 is 39.7. The van der Waals surface area contributed by atoms with Gasteiger partial charge in [-0.3, -0.25) is 0 Å². The topological polar surface area (TPSA) is 60.9 Å². The molecule has 0 spiro atoms. The number of nitrogens with zero attached hydrogens (tertiary/aromatic N) is 5. The van der Waals surface area contributed by atoms with E-state index in [0.29, 0.717) is 43.2 Å². The Labute approximate surface area is 151 Å². The number of fused-ring (bicyclic) bond motifs is 1. The van der Waals surface area contributed by atoms with Gasteiger partial charge < -0.3 is 14.8 Å². The molecule has 0 saturated carbocycles. The van der Waals surface area contributed by atoms with Crippen molar-refractivity contribution in [1.82, 2.24) is 19.9 Å². The zero-order valence-electron chi connectivity index (χ0n) is 13.5. The number of nitrogens with one attached hydrogen (secondary N) is 1. The second kappa shape index (κ2) is 6.31. The van der Waals surface area contributed by atoms with E-state index >= 15 is 0 Å². The van der Waals surface area contributed by atoms with E-state index in [2.05, 4.69) is 19.9 Å². The maximum Gasteiger partial charge on any atom is 0.418 e. The zero-order valence-corrected chi connectivity index (χ0v) is 14.2. The SMILES string of the molecule is FC(F)(F)c1ccccc1N1CCN(c2nc(Cl)nc3[nH]cnc23)CC1. The second-order valence-electron chi connectivity index (χ2n) is 5.90. The molecular weight excluding hydrogens is 369 g/mol. The summed E-state index contributed by atoms with van der Waals surface area (Å²) >= 11 is 5.96. The summed E-state index contributed by atoms with van der Waals surface area (Å²) in [6, 6.07) is 5.64. The van der Waals surface area contributed by atoms with Crippen LogP contribution in [0.25, 0.3) is 11.2 Å². The molecule has 1 aliphatic heterocycles. The summed E-state index contributed by atoms with van der Waals surface area (Å²) in [4.78, 5) is 19.1. The van der Waals surface area contributed by atoms with E-state index in [1.807, 2.05) is 4.90 Å². The Morgan fingerprint density at radius 1 is 1.00 bits per heavy atom. The van der Waals surface area contributed by atoms with Gasteiger partial charge in [0.25, 0.3) is 0 Å². The van der Waals surface area contributed by atoms with Crippen LogP contribution in [0, 0.1) is 0 Å². The number of halogens is 4. The molecule has 0 bridgehead atoms. The number of anilines is 2. The molecule has 0 unspecified atom stereocenters. The van der Waals surface area contributed by atoms with Crippen molar-refractivity contribution in [3.05, 3.63) is 41.4 Å². The van der Waals surface area contributed by atoms with Gasteiger partial charge in [0.05, 0.1) is 11.9 Å². The fourth-order valence-corrected chi connectivity index (χ4v) is 3.33. The third-order valence-electron chi connectivity index (χ3n) is 4.36. The van der Waals surface area contributed by atoms with Crippen molar-refractivity contribution >= 4 is 34.3 Å². The lowest BCUT2D eigenvalue weighted by Crippen LogP contribution is -2.47. The van der Waals surface area contributed by atoms with E-state index in [4.69, 9.17) is 11.6 Å². The molecule has 1 fully saturated rings. The maximum atomic E-state index is 13.2. The normalized spacial score (nSPS) is 15.7. The Hall–Kier alpha value is -2.55. The summed E-state index contributed by atoms with van der Waals surface area (Å²) in [7, 11) is 0. The number of imidazole rings is 1. The van der Waals surface area contributed by atoms with Crippen molar-refractivity contribution in [2.24, 2.45) is 0 Å². The molecule has 0 atom stereocenters. The highest BCUT2D eigenvalue weighted by molar-refractivity contribution is 6.28. The van der Waals surface area contributed by atoms with Gasteiger partial charge in [-0.15, -0.1) is 0 Å². The molecule has 0 aliphatic carbocycles. The Morgan fingerprint density at radius 2 is 1.69 bits per heavy atom. The highest BCUT2D eigenvalue weighted by atomic mass is 35.5. The van der Waals surface area contributed by atoms with Crippen LogP contribution in [-0.4, -0.2) is 46.1 Å². The fraction of sp³-hybridized carbons (Fsp3) is 0.312. The van der Waals surface area contributed by atoms with Gasteiger partial charge in [0.15, 0.2) is 17.0 Å². The van der Waals surface area contributed by atoms with Crippen LogP contribution in [0.1, 0.15) is 5.56 Å². The molecule has 0 amide bonds. The first-order chi connectivity index (χ1) is 12.4. The van der Waals surface area contributed by atoms with Crippen molar-refractivity contribution in [3.8, 4) is 0 Å². The van der Waals surface area contributed by atoms with E-state index in [1.165, 1.54) is 18.5 Å². The van der Waals surface area contributed by atoms with Crippen LogP contribution < -0.4 is 9.80 Å². The smallest absolute Gasteiger partial charge is 0.367 e. The molecule has 1 saturated heterocycles. The molecule has 6 nitrogen and oxygen atoms in total.